The molecule has 2 aromatic rings. The maximum absolute atomic E-state index is 11.3. The number of nitrogens with zero attached hydrogens (tertiary/aromatic N) is 2. The first-order valence-electron chi connectivity index (χ1n) is 4.90. The zero-order valence-corrected chi connectivity index (χ0v) is 8.79. The maximum atomic E-state index is 11.3. The topological polar surface area (TPSA) is 56.2 Å². The van der Waals surface area contributed by atoms with E-state index in [2.05, 4.69) is 4.98 Å². The lowest BCUT2D eigenvalue weighted by Gasteiger charge is -1.91. The van der Waals surface area contributed by atoms with Gasteiger partial charge in [-0.1, -0.05) is 6.07 Å². The molecule has 0 aliphatic heterocycles. The van der Waals surface area contributed by atoms with Gasteiger partial charge in [0.25, 0.3) is 5.69 Å². The van der Waals surface area contributed by atoms with Gasteiger partial charge in [-0.25, -0.2) is 4.79 Å². The Labute approximate surface area is 92.3 Å². The zero-order valence-electron chi connectivity index (χ0n) is 8.79. The van der Waals surface area contributed by atoms with E-state index in [1.165, 1.54) is 6.26 Å². The Hall–Kier alpha value is -2.17. The van der Waals surface area contributed by atoms with Crippen molar-refractivity contribution in [3.63, 3.8) is 0 Å². The van der Waals surface area contributed by atoms with Gasteiger partial charge in [-0.2, -0.15) is 4.57 Å². The number of aromatic nitrogens is 2. The highest BCUT2D eigenvalue weighted by molar-refractivity contribution is 5.86. The van der Waals surface area contributed by atoms with E-state index in [1.54, 1.807) is 23.9 Å². The molecule has 5 nitrogen and oxygen atoms in total. The molecule has 2 rings (SSSR count). The average molecular weight is 219 g/mol. The third-order valence-corrected chi connectivity index (χ3v) is 1.91. The Morgan fingerprint density at radius 3 is 2.88 bits per heavy atom. The largest absolute Gasteiger partial charge is 0.509 e. The molecule has 0 aliphatic carbocycles. The Balaban J connectivity index is 2.23. The summed E-state index contributed by atoms with van der Waals surface area (Å²) in [6.45, 7) is 2.06. The van der Waals surface area contributed by atoms with Crippen LogP contribution in [-0.4, -0.2) is 17.6 Å². The van der Waals surface area contributed by atoms with Crippen LogP contribution in [0.5, 0.6) is 0 Å². The van der Waals surface area contributed by atoms with Crippen molar-refractivity contribution in [1.82, 2.24) is 4.98 Å². The van der Waals surface area contributed by atoms with Crippen molar-refractivity contribution in [3.8, 4) is 6.01 Å². The molecular weight excluding hydrogens is 208 g/mol. The van der Waals surface area contributed by atoms with E-state index in [9.17, 15) is 4.79 Å². The Morgan fingerprint density at radius 1 is 1.44 bits per heavy atom. The fourth-order valence-electron chi connectivity index (χ4n) is 1.21. The quantitative estimate of drug-likeness (QED) is 0.573. The Kier molecular flexibility index (Phi) is 2.95. The first kappa shape index (κ1) is 10.4. The SMILES string of the molecule is CCOC(=O)c1coc(-[n+]2ccccc2)n1. The van der Waals surface area contributed by atoms with E-state index >= 15 is 0 Å². The minimum atomic E-state index is -0.478. The monoisotopic (exact) mass is 219 g/mol. The second-order valence-electron chi connectivity index (χ2n) is 3.02. The fraction of sp³-hybridized carbons (Fsp3) is 0.182. The molecule has 0 aromatic carbocycles. The molecule has 16 heavy (non-hydrogen) atoms. The number of hydrogen-bond donors (Lipinski definition) is 0. The summed E-state index contributed by atoms with van der Waals surface area (Å²) in [6, 6.07) is 5.90. The Morgan fingerprint density at radius 2 is 2.19 bits per heavy atom. The molecule has 0 fully saturated rings. The molecule has 2 aromatic heterocycles. The van der Waals surface area contributed by atoms with E-state index in [-0.39, 0.29) is 5.69 Å². The Bertz CT molecular complexity index is 479. The first-order valence-corrected chi connectivity index (χ1v) is 4.90. The van der Waals surface area contributed by atoms with Gasteiger partial charge in [0, 0.05) is 4.98 Å². The minimum absolute atomic E-state index is 0.174. The lowest BCUT2D eigenvalue weighted by atomic mass is 10.5. The van der Waals surface area contributed by atoms with E-state index < -0.39 is 5.97 Å². The standard InChI is InChI=1S/C11H11N2O3/c1-2-15-10(14)9-8-16-11(12-9)13-6-4-3-5-7-13/h3-8H,2H2,1H3/q+1. The number of carbonyl (C=O) groups is 1. The van der Waals surface area contributed by atoms with E-state index in [0.717, 1.165) is 0 Å². The van der Waals surface area contributed by atoms with Crippen LogP contribution in [-0.2, 0) is 4.74 Å². The van der Waals surface area contributed by atoms with Crippen molar-refractivity contribution in [2.45, 2.75) is 6.92 Å². The molecule has 0 N–H and O–H groups in total. The highest BCUT2D eigenvalue weighted by Crippen LogP contribution is 2.03. The van der Waals surface area contributed by atoms with Crippen LogP contribution < -0.4 is 4.57 Å². The van der Waals surface area contributed by atoms with E-state index in [4.69, 9.17) is 9.15 Å². The van der Waals surface area contributed by atoms with Gasteiger partial charge >= 0.3 is 12.0 Å². The number of pyridine rings is 1. The van der Waals surface area contributed by atoms with Crippen molar-refractivity contribution < 1.29 is 18.5 Å². The van der Waals surface area contributed by atoms with Crippen LogP contribution in [0.4, 0.5) is 0 Å². The number of hydrogen-bond acceptors (Lipinski definition) is 4. The van der Waals surface area contributed by atoms with Crippen LogP contribution in [0.1, 0.15) is 17.4 Å². The molecule has 0 spiro atoms. The normalized spacial score (nSPS) is 10.1. The maximum Gasteiger partial charge on any atom is 0.509 e. The molecule has 0 saturated heterocycles. The number of rotatable bonds is 3. The van der Waals surface area contributed by atoms with Crippen molar-refractivity contribution >= 4 is 5.97 Å². The minimum Gasteiger partial charge on any atom is -0.460 e. The number of carbonyl (C=O) groups excluding carboxylic acids is 1. The smallest absolute Gasteiger partial charge is 0.460 e. The lowest BCUT2D eigenvalue weighted by molar-refractivity contribution is -0.613. The predicted octanol–water partition coefficient (Wildman–Crippen LogP) is 1.13. The van der Waals surface area contributed by atoms with Crippen molar-refractivity contribution in [3.05, 3.63) is 42.5 Å². The molecule has 0 saturated carbocycles. The molecule has 2 heterocycles. The van der Waals surface area contributed by atoms with Gasteiger partial charge in [-0.15, -0.1) is 0 Å². The molecule has 0 amide bonds. The van der Waals surface area contributed by atoms with Gasteiger partial charge in [0.05, 0.1) is 19.0 Å². The number of ether oxygens (including phenoxy) is 1. The van der Waals surface area contributed by atoms with Crippen molar-refractivity contribution in [2.24, 2.45) is 0 Å². The van der Waals surface area contributed by atoms with Gasteiger partial charge in [-0.05, 0) is 19.1 Å². The molecule has 82 valence electrons. The highest BCUT2D eigenvalue weighted by Gasteiger charge is 2.22. The van der Waals surface area contributed by atoms with Crippen LogP contribution in [0.15, 0.2) is 41.3 Å². The van der Waals surface area contributed by atoms with E-state index in [1.807, 2.05) is 18.2 Å². The van der Waals surface area contributed by atoms with Gasteiger partial charge < -0.3 is 9.15 Å². The van der Waals surface area contributed by atoms with Crippen molar-refractivity contribution in [1.29, 1.82) is 0 Å². The summed E-state index contributed by atoms with van der Waals surface area (Å²) in [5.74, 6) is -0.478. The van der Waals surface area contributed by atoms with Crippen LogP contribution in [0.3, 0.4) is 0 Å². The van der Waals surface area contributed by atoms with Crippen LogP contribution in [0.25, 0.3) is 6.01 Å². The average Bonchev–Trinajstić information content (AvgIpc) is 2.80. The summed E-state index contributed by atoms with van der Waals surface area (Å²) in [5.41, 5.74) is 0.174. The second kappa shape index (κ2) is 4.57. The molecule has 0 atom stereocenters. The molecule has 0 radical (unpaired) electrons. The van der Waals surface area contributed by atoms with Crippen molar-refractivity contribution in [2.75, 3.05) is 6.61 Å². The second-order valence-corrected chi connectivity index (χ2v) is 3.02. The summed E-state index contributed by atoms with van der Waals surface area (Å²) in [6.07, 6.45) is 4.84. The molecular formula is C11H11N2O3+. The van der Waals surface area contributed by atoms with Crippen LogP contribution in [0, 0.1) is 0 Å². The van der Waals surface area contributed by atoms with Gasteiger partial charge in [-0.3, -0.25) is 0 Å². The third kappa shape index (κ3) is 2.08. The van der Waals surface area contributed by atoms with Gasteiger partial charge in [0.2, 0.25) is 0 Å². The summed E-state index contributed by atoms with van der Waals surface area (Å²) in [4.78, 5) is 15.4. The lowest BCUT2D eigenvalue weighted by Crippen LogP contribution is -2.29. The summed E-state index contributed by atoms with van der Waals surface area (Å²) < 4.78 is 11.6. The number of oxazole rings is 1. The van der Waals surface area contributed by atoms with Gasteiger partial charge in [0.15, 0.2) is 6.26 Å². The van der Waals surface area contributed by atoms with Crippen LogP contribution >= 0.6 is 0 Å². The summed E-state index contributed by atoms with van der Waals surface area (Å²) >= 11 is 0. The fourth-order valence-corrected chi connectivity index (χ4v) is 1.21. The molecule has 5 heteroatoms. The summed E-state index contributed by atoms with van der Waals surface area (Å²) in [5, 5.41) is 0. The highest BCUT2D eigenvalue weighted by atomic mass is 16.5. The molecule has 0 aliphatic rings. The molecule has 0 bridgehead atoms. The molecule has 0 unspecified atom stereocenters. The third-order valence-electron chi connectivity index (χ3n) is 1.91. The van der Waals surface area contributed by atoms with Crippen LogP contribution in [0.2, 0.25) is 0 Å². The number of esters is 1. The van der Waals surface area contributed by atoms with E-state index in [0.29, 0.717) is 12.6 Å². The van der Waals surface area contributed by atoms with Gasteiger partial charge in [0.1, 0.15) is 0 Å². The predicted molar refractivity (Wildman–Crippen MR) is 54.0 cm³/mol. The zero-order chi connectivity index (χ0) is 11.4. The first-order chi connectivity index (χ1) is 7.81. The summed E-state index contributed by atoms with van der Waals surface area (Å²) in [7, 11) is 0.